The molecule has 1 N–H and O–H groups in total. The summed E-state index contributed by atoms with van der Waals surface area (Å²) in [7, 11) is -3.60. The van der Waals surface area contributed by atoms with Crippen molar-refractivity contribution < 1.29 is 12.8 Å². The number of thioether (sulfide) groups is 1. The van der Waals surface area contributed by atoms with Gasteiger partial charge in [0.2, 0.25) is 10.0 Å². The van der Waals surface area contributed by atoms with Gasteiger partial charge in [-0.1, -0.05) is 12.1 Å². The fourth-order valence-electron chi connectivity index (χ4n) is 1.88. The Morgan fingerprint density at radius 1 is 1.05 bits per heavy atom. The summed E-state index contributed by atoms with van der Waals surface area (Å²) in [4.78, 5) is 1.22. The molecular formula is C15H16FNO2S2. The molecule has 3 nitrogen and oxygen atoms in total. The van der Waals surface area contributed by atoms with Crippen LogP contribution in [0.1, 0.15) is 18.5 Å². The maximum atomic E-state index is 12.9. The summed E-state index contributed by atoms with van der Waals surface area (Å²) < 4.78 is 40.1. The molecule has 0 aliphatic rings. The van der Waals surface area contributed by atoms with Crippen molar-refractivity contribution in [3.63, 3.8) is 0 Å². The van der Waals surface area contributed by atoms with Gasteiger partial charge in [0, 0.05) is 10.9 Å². The van der Waals surface area contributed by atoms with E-state index >= 15 is 0 Å². The molecule has 1 atom stereocenters. The van der Waals surface area contributed by atoms with Crippen molar-refractivity contribution in [3.8, 4) is 0 Å². The van der Waals surface area contributed by atoms with Crippen LogP contribution in [0.4, 0.5) is 4.39 Å². The van der Waals surface area contributed by atoms with Crippen molar-refractivity contribution in [1.29, 1.82) is 0 Å². The minimum Gasteiger partial charge on any atom is -0.207 e. The zero-order valence-electron chi connectivity index (χ0n) is 11.7. The van der Waals surface area contributed by atoms with Gasteiger partial charge in [0.15, 0.2) is 0 Å². The van der Waals surface area contributed by atoms with Gasteiger partial charge in [0.05, 0.1) is 4.90 Å². The van der Waals surface area contributed by atoms with Crippen molar-refractivity contribution in [2.24, 2.45) is 0 Å². The summed E-state index contributed by atoms with van der Waals surface area (Å²) in [6.07, 6.45) is 1.93. The summed E-state index contributed by atoms with van der Waals surface area (Å²) in [6.45, 7) is 1.72. The first kappa shape index (κ1) is 16.0. The number of hydrogen-bond acceptors (Lipinski definition) is 3. The summed E-state index contributed by atoms with van der Waals surface area (Å²) in [5, 5.41) is 0. The van der Waals surface area contributed by atoms with Crippen molar-refractivity contribution in [1.82, 2.24) is 4.72 Å². The molecule has 6 heteroatoms. The Balaban J connectivity index is 2.17. The van der Waals surface area contributed by atoms with Gasteiger partial charge in [-0.3, -0.25) is 0 Å². The molecule has 2 aromatic rings. The Labute approximate surface area is 128 Å². The molecule has 2 rings (SSSR count). The highest BCUT2D eigenvalue weighted by atomic mass is 32.2. The highest BCUT2D eigenvalue weighted by molar-refractivity contribution is 7.98. The topological polar surface area (TPSA) is 46.2 Å². The third-order valence-corrected chi connectivity index (χ3v) is 5.37. The number of nitrogens with one attached hydrogen (secondary N) is 1. The van der Waals surface area contributed by atoms with Gasteiger partial charge in [0.25, 0.3) is 0 Å². The van der Waals surface area contributed by atoms with E-state index in [1.54, 1.807) is 55.1 Å². The lowest BCUT2D eigenvalue weighted by Gasteiger charge is -2.15. The fraction of sp³-hybridized carbons (Fsp3) is 0.200. The van der Waals surface area contributed by atoms with Gasteiger partial charge in [-0.25, -0.2) is 17.5 Å². The zero-order valence-corrected chi connectivity index (χ0v) is 13.3. The SMILES string of the molecule is CSc1ccc(S(=O)(=O)N[C@H](C)c2ccc(F)cc2)cc1. The predicted octanol–water partition coefficient (Wildman–Crippen LogP) is 3.59. The molecule has 0 fully saturated rings. The molecule has 0 aliphatic heterocycles. The maximum absolute atomic E-state index is 12.9. The minimum atomic E-state index is -3.60. The fourth-order valence-corrected chi connectivity index (χ4v) is 3.52. The van der Waals surface area contributed by atoms with E-state index in [4.69, 9.17) is 0 Å². The second kappa shape index (κ2) is 6.60. The van der Waals surface area contributed by atoms with Gasteiger partial charge in [-0.2, -0.15) is 0 Å². The molecule has 0 radical (unpaired) electrons. The average Bonchev–Trinajstić information content (AvgIpc) is 2.47. The largest absolute Gasteiger partial charge is 0.241 e. The molecule has 0 heterocycles. The maximum Gasteiger partial charge on any atom is 0.241 e. The molecule has 2 aromatic carbocycles. The summed E-state index contributed by atoms with van der Waals surface area (Å²) >= 11 is 1.55. The second-order valence-electron chi connectivity index (χ2n) is 4.57. The highest BCUT2D eigenvalue weighted by Gasteiger charge is 2.18. The number of benzene rings is 2. The minimum absolute atomic E-state index is 0.217. The Kier molecular flexibility index (Phi) is 5.03. The van der Waals surface area contributed by atoms with E-state index in [-0.39, 0.29) is 10.7 Å². The van der Waals surface area contributed by atoms with Crippen LogP contribution in [0, 0.1) is 5.82 Å². The number of sulfonamides is 1. The lowest BCUT2D eigenvalue weighted by atomic mass is 10.1. The van der Waals surface area contributed by atoms with Crippen LogP contribution in [-0.4, -0.2) is 14.7 Å². The molecule has 0 unspecified atom stereocenters. The van der Waals surface area contributed by atoms with Crippen LogP contribution in [-0.2, 0) is 10.0 Å². The molecule has 0 saturated heterocycles. The molecule has 0 bridgehead atoms. The van der Waals surface area contributed by atoms with E-state index in [2.05, 4.69) is 4.72 Å². The van der Waals surface area contributed by atoms with Crippen LogP contribution in [0.2, 0.25) is 0 Å². The first-order valence-corrected chi connectivity index (χ1v) is 9.05. The van der Waals surface area contributed by atoms with Crippen LogP contribution >= 0.6 is 11.8 Å². The third kappa shape index (κ3) is 4.06. The average molecular weight is 325 g/mol. The first-order valence-electron chi connectivity index (χ1n) is 6.34. The van der Waals surface area contributed by atoms with E-state index in [0.717, 1.165) is 4.90 Å². The van der Waals surface area contributed by atoms with Crippen LogP contribution in [0.25, 0.3) is 0 Å². The molecular weight excluding hydrogens is 309 g/mol. The van der Waals surface area contributed by atoms with Crippen LogP contribution in [0.5, 0.6) is 0 Å². The Hall–Kier alpha value is -1.37. The van der Waals surface area contributed by atoms with Crippen molar-refractivity contribution >= 4 is 21.8 Å². The quantitative estimate of drug-likeness (QED) is 0.855. The van der Waals surface area contributed by atoms with Gasteiger partial charge < -0.3 is 0 Å². The monoisotopic (exact) mass is 325 g/mol. The van der Waals surface area contributed by atoms with Gasteiger partial charge in [-0.05, 0) is 55.1 Å². The lowest BCUT2D eigenvalue weighted by Crippen LogP contribution is -2.26. The van der Waals surface area contributed by atoms with Crippen molar-refractivity contribution in [3.05, 3.63) is 59.9 Å². The lowest BCUT2D eigenvalue weighted by molar-refractivity contribution is 0.566. The van der Waals surface area contributed by atoms with Crippen molar-refractivity contribution in [2.75, 3.05) is 6.26 Å². The van der Waals surface area contributed by atoms with Crippen molar-refractivity contribution in [2.45, 2.75) is 22.8 Å². The normalized spacial score (nSPS) is 13.1. The first-order chi connectivity index (χ1) is 9.92. The van der Waals surface area contributed by atoms with E-state index in [9.17, 15) is 12.8 Å². The standard InChI is InChI=1S/C15H16FNO2S2/c1-11(12-3-5-13(16)6-4-12)17-21(18,19)15-9-7-14(20-2)8-10-15/h3-11,17H,1-2H3/t11-/m1/s1. The summed E-state index contributed by atoms with van der Waals surface area (Å²) in [5.74, 6) is -0.346. The summed E-state index contributed by atoms with van der Waals surface area (Å²) in [6, 6.07) is 12.0. The van der Waals surface area contributed by atoms with Gasteiger partial charge in [-0.15, -0.1) is 11.8 Å². The van der Waals surface area contributed by atoms with Gasteiger partial charge >= 0.3 is 0 Å². The summed E-state index contributed by atoms with van der Waals surface area (Å²) in [5.41, 5.74) is 0.709. The molecule has 21 heavy (non-hydrogen) atoms. The van der Waals surface area contributed by atoms with E-state index in [1.807, 2.05) is 6.26 Å². The molecule has 0 aromatic heterocycles. The number of halogens is 1. The van der Waals surface area contributed by atoms with E-state index < -0.39 is 16.1 Å². The zero-order chi connectivity index (χ0) is 15.5. The van der Waals surface area contributed by atoms with Crippen LogP contribution in [0.15, 0.2) is 58.3 Å². The predicted molar refractivity (Wildman–Crippen MR) is 83.4 cm³/mol. The molecule has 0 amide bonds. The number of hydrogen-bond donors (Lipinski definition) is 1. The van der Waals surface area contributed by atoms with Crippen LogP contribution < -0.4 is 4.72 Å². The van der Waals surface area contributed by atoms with E-state index in [0.29, 0.717) is 5.56 Å². The second-order valence-corrected chi connectivity index (χ2v) is 7.16. The van der Waals surface area contributed by atoms with E-state index in [1.165, 1.54) is 12.1 Å². The molecule has 0 aliphatic carbocycles. The highest BCUT2D eigenvalue weighted by Crippen LogP contribution is 2.20. The molecule has 0 spiro atoms. The third-order valence-electron chi connectivity index (χ3n) is 3.07. The Morgan fingerprint density at radius 3 is 2.14 bits per heavy atom. The molecule has 0 saturated carbocycles. The van der Waals surface area contributed by atoms with Gasteiger partial charge in [0.1, 0.15) is 5.82 Å². The Morgan fingerprint density at radius 2 is 1.62 bits per heavy atom. The molecule has 112 valence electrons. The smallest absolute Gasteiger partial charge is 0.207 e. The Bertz CT molecular complexity index is 697. The number of rotatable bonds is 5. The van der Waals surface area contributed by atoms with Crippen LogP contribution in [0.3, 0.4) is 0 Å².